The average Bonchev–Trinajstić information content (AvgIpc) is 3.42. The number of nitrogens with zero attached hydrogens (tertiary/aromatic N) is 6. The first-order valence-electron chi connectivity index (χ1n) is 9.99. The predicted molar refractivity (Wildman–Crippen MR) is 109 cm³/mol. The first-order chi connectivity index (χ1) is 13.3. The van der Waals surface area contributed by atoms with Crippen LogP contribution in [0.2, 0.25) is 0 Å². The lowest BCUT2D eigenvalue weighted by Gasteiger charge is -2.31. The normalized spacial score (nSPS) is 21.4. The molecule has 2 saturated heterocycles. The van der Waals surface area contributed by atoms with E-state index in [0.29, 0.717) is 5.92 Å². The Morgan fingerprint density at radius 2 is 2.04 bits per heavy atom. The van der Waals surface area contributed by atoms with Crippen molar-refractivity contribution >= 4 is 22.7 Å². The molecule has 3 aromatic heterocycles. The van der Waals surface area contributed by atoms with Crippen LogP contribution in [0.5, 0.6) is 0 Å². The van der Waals surface area contributed by atoms with Gasteiger partial charge in [0.15, 0.2) is 11.5 Å². The molecule has 2 aliphatic heterocycles. The summed E-state index contributed by atoms with van der Waals surface area (Å²) in [5.74, 6) is 1.42. The van der Waals surface area contributed by atoms with Gasteiger partial charge in [-0.2, -0.15) is 5.10 Å². The summed E-state index contributed by atoms with van der Waals surface area (Å²) in [7, 11) is 0. The number of likely N-dealkylation sites (tertiary alicyclic amines) is 1. The number of aromatic nitrogens is 4. The summed E-state index contributed by atoms with van der Waals surface area (Å²) in [5.41, 5.74) is 5.35. The van der Waals surface area contributed by atoms with Crippen LogP contribution in [0.3, 0.4) is 0 Å². The minimum absolute atomic E-state index is 0.419. The molecule has 5 rings (SSSR count). The highest BCUT2D eigenvalue weighted by atomic mass is 32.1. The standard InChI is InChI=1S/C20H26N6S/c1-15-18(27-14-21-15)13-24-8-4-5-16(11-24)20-22-19-7-6-17(12-26(19)23-20)25-9-2-3-10-25/h6-7,12,14,16H,2-5,8-11,13H2,1H3. The molecule has 0 amide bonds. The third-order valence-corrected chi connectivity index (χ3v) is 6.81. The maximum atomic E-state index is 4.86. The van der Waals surface area contributed by atoms with Crippen molar-refractivity contribution in [2.75, 3.05) is 31.1 Å². The van der Waals surface area contributed by atoms with Crippen molar-refractivity contribution in [3.63, 3.8) is 0 Å². The average molecular weight is 383 g/mol. The zero-order valence-corrected chi connectivity index (χ0v) is 16.7. The van der Waals surface area contributed by atoms with E-state index in [2.05, 4.69) is 40.0 Å². The molecule has 6 nitrogen and oxygen atoms in total. The van der Waals surface area contributed by atoms with Crippen LogP contribution in [-0.4, -0.2) is 50.7 Å². The van der Waals surface area contributed by atoms with Gasteiger partial charge < -0.3 is 4.90 Å². The molecule has 2 aliphatic rings. The Balaban J connectivity index is 1.34. The maximum absolute atomic E-state index is 4.86. The molecular weight excluding hydrogens is 356 g/mol. The van der Waals surface area contributed by atoms with Crippen molar-refractivity contribution in [3.05, 3.63) is 40.2 Å². The molecule has 3 aromatic rings. The molecule has 0 spiro atoms. The minimum Gasteiger partial charge on any atom is -0.370 e. The Bertz CT molecular complexity index is 926. The molecule has 1 unspecified atom stereocenters. The third kappa shape index (κ3) is 3.46. The molecule has 142 valence electrons. The van der Waals surface area contributed by atoms with Gasteiger partial charge in [0.2, 0.25) is 0 Å². The fraction of sp³-hybridized carbons (Fsp3) is 0.550. The van der Waals surface area contributed by atoms with Gasteiger partial charge in [-0.15, -0.1) is 11.3 Å². The van der Waals surface area contributed by atoms with Crippen molar-refractivity contribution in [1.29, 1.82) is 0 Å². The lowest BCUT2D eigenvalue weighted by Crippen LogP contribution is -2.34. The number of hydrogen-bond donors (Lipinski definition) is 0. The summed E-state index contributed by atoms with van der Waals surface area (Å²) in [5, 5.41) is 4.86. The molecule has 7 heteroatoms. The third-order valence-electron chi connectivity index (χ3n) is 5.89. The highest BCUT2D eigenvalue weighted by molar-refractivity contribution is 7.09. The summed E-state index contributed by atoms with van der Waals surface area (Å²) < 4.78 is 1.98. The summed E-state index contributed by atoms with van der Waals surface area (Å²) in [6, 6.07) is 4.31. The number of thiazole rings is 1. The smallest absolute Gasteiger partial charge is 0.156 e. The van der Waals surface area contributed by atoms with Crippen LogP contribution in [0, 0.1) is 6.92 Å². The molecule has 0 saturated carbocycles. The Morgan fingerprint density at radius 1 is 1.15 bits per heavy atom. The van der Waals surface area contributed by atoms with E-state index in [9.17, 15) is 0 Å². The first-order valence-corrected chi connectivity index (χ1v) is 10.9. The molecule has 1 atom stereocenters. The Hall–Kier alpha value is -1.99. The van der Waals surface area contributed by atoms with E-state index in [1.54, 1.807) is 11.3 Å². The molecule has 5 heterocycles. The summed E-state index contributed by atoms with van der Waals surface area (Å²) in [6.45, 7) is 7.60. The van der Waals surface area contributed by atoms with Crippen LogP contribution >= 0.6 is 11.3 Å². The van der Waals surface area contributed by atoms with Crippen LogP contribution in [0.4, 0.5) is 5.69 Å². The van der Waals surface area contributed by atoms with Gasteiger partial charge in [-0.1, -0.05) is 0 Å². The molecule has 0 aliphatic carbocycles. The zero-order chi connectivity index (χ0) is 18.2. The van der Waals surface area contributed by atoms with Crippen LogP contribution in [-0.2, 0) is 6.54 Å². The molecule has 0 radical (unpaired) electrons. The fourth-order valence-electron chi connectivity index (χ4n) is 4.32. The number of rotatable bonds is 4. The number of anilines is 1. The molecule has 27 heavy (non-hydrogen) atoms. The molecular formula is C20H26N6S. The van der Waals surface area contributed by atoms with E-state index in [-0.39, 0.29) is 0 Å². The van der Waals surface area contributed by atoms with Gasteiger partial charge >= 0.3 is 0 Å². The highest BCUT2D eigenvalue weighted by Gasteiger charge is 2.25. The topological polar surface area (TPSA) is 49.6 Å². The SMILES string of the molecule is Cc1ncsc1CN1CCCC(c2nc3ccc(N4CCCC4)cn3n2)C1. The number of pyridine rings is 1. The van der Waals surface area contributed by atoms with Gasteiger partial charge in [0.1, 0.15) is 0 Å². The molecule has 2 fully saturated rings. The van der Waals surface area contributed by atoms with E-state index in [1.807, 2.05) is 10.0 Å². The summed E-state index contributed by atoms with van der Waals surface area (Å²) in [4.78, 5) is 15.6. The quantitative estimate of drug-likeness (QED) is 0.691. The number of aryl methyl sites for hydroxylation is 1. The summed E-state index contributed by atoms with van der Waals surface area (Å²) in [6.07, 6.45) is 7.11. The second kappa shape index (κ2) is 7.20. The predicted octanol–water partition coefficient (Wildman–Crippen LogP) is 3.47. The molecule has 0 bridgehead atoms. The lowest BCUT2D eigenvalue weighted by molar-refractivity contribution is 0.198. The first kappa shape index (κ1) is 17.1. The monoisotopic (exact) mass is 382 g/mol. The van der Waals surface area contributed by atoms with Gasteiger partial charge in [-0.3, -0.25) is 4.90 Å². The Morgan fingerprint density at radius 3 is 2.85 bits per heavy atom. The number of piperidine rings is 1. The lowest BCUT2D eigenvalue weighted by atomic mass is 9.97. The Labute approximate surface area is 163 Å². The summed E-state index contributed by atoms with van der Waals surface area (Å²) >= 11 is 1.76. The van der Waals surface area contributed by atoms with Gasteiger partial charge in [-0.05, 0) is 51.3 Å². The Kier molecular flexibility index (Phi) is 4.57. The second-order valence-electron chi connectivity index (χ2n) is 7.79. The second-order valence-corrected chi connectivity index (χ2v) is 8.73. The van der Waals surface area contributed by atoms with Crippen molar-refractivity contribution in [2.45, 2.75) is 45.1 Å². The van der Waals surface area contributed by atoms with Crippen molar-refractivity contribution in [3.8, 4) is 0 Å². The van der Waals surface area contributed by atoms with E-state index < -0.39 is 0 Å². The van der Waals surface area contributed by atoms with E-state index >= 15 is 0 Å². The number of fused-ring (bicyclic) bond motifs is 1. The maximum Gasteiger partial charge on any atom is 0.156 e. The fourth-order valence-corrected chi connectivity index (χ4v) is 5.13. The van der Waals surface area contributed by atoms with E-state index in [4.69, 9.17) is 10.1 Å². The van der Waals surface area contributed by atoms with Crippen LogP contribution < -0.4 is 4.90 Å². The highest BCUT2D eigenvalue weighted by Crippen LogP contribution is 2.28. The van der Waals surface area contributed by atoms with Crippen LogP contribution in [0.25, 0.3) is 5.65 Å². The largest absolute Gasteiger partial charge is 0.370 e. The van der Waals surface area contributed by atoms with Crippen molar-refractivity contribution in [2.24, 2.45) is 0 Å². The van der Waals surface area contributed by atoms with E-state index in [1.165, 1.54) is 41.9 Å². The number of hydrogen-bond acceptors (Lipinski definition) is 6. The van der Waals surface area contributed by atoms with Gasteiger partial charge in [-0.25, -0.2) is 14.5 Å². The van der Waals surface area contributed by atoms with Crippen LogP contribution in [0.1, 0.15) is 48.0 Å². The zero-order valence-electron chi connectivity index (χ0n) is 15.8. The van der Waals surface area contributed by atoms with Crippen LogP contribution in [0.15, 0.2) is 23.8 Å². The minimum atomic E-state index is 0.419. The van der Waals surface area contributed by atoms with Gasteiger partial charge in [0, 0.05) is 37.0 Å². The molecule has 0 N–H and O–H groups in total. The van der Waals surface area contributed by atoms with Crippen molar-refractivity contribution in [1.82, 2.24) is 24.5 Å². The molecule has 0 aromatic carbocycles. The van der Waals surface area contributed by atoms with Gasteiger partial charge in [0.05, 0.1) is 23.1 Å². The van der Waals surface area contributed by atoms with E-state index in [0.717, 1.165) is 44.2 Å². The van der Waals surface area contributed by atoms with Crippen molar-refractivity contribution < 1.29 is 0 Å². The van der Waals surface area contributed by atoms with Gasteiger partial charge in [0.25, 0.3) is 0 Å².